The number of aromatic nitrogens is 1. The van der Waals surface area contributed by atoms with Gasteiger partial charge in [0.2, 0.25) is 0 Å². The van der Waals surface area contributed by atoms with Gasteiger partial charge in [0.1, 0.15) is 5.82 Å². The van der Waals surface area contributed by atoms with Crippen LogP contribution in [0.3, 0.4) is 0 Å². The third kappa shape index (κ3) is 2.53. The van der Waals surface area contributed by atoms with E-state index in [2.05, 4.69) is 10.3 Å². The molecule has 4 nitrogen and oxygen atoms in total. The molecule has 1 aromatic carbocycles. The topological polar surface area (TPSA) is 62.2 Å². The summed E-state index contributed by atoms with van der Waals surface area (Å²) in [5.74, 6) is -0.0682. The second-order valence-corrected chi connectivity index (χ2v) is 3.90. The van der Waals surface area contributed by atoms with E-state index in [0.717, 1.165) is 16.6 Å². The van der Waals surface area contributed by atoms with Gasteiger partial charge in [0.15, 0.2) is 0 Å². The van der Waals surface area contributed by atoms with Crippen molar-refractivity contribution in [2.75, 3.05) is 11.9 Å². The molecule has 0 atom stereocenters. The van der Waals surface area contributed by atoms with E-state index in [1.807, 2.05) is 31.2 Å². The van der Waals surface area contributed by atoms with Crippen LogP contribution in [0.1, 0.15) is 12.0 Å². The SMILES string of the molecule is Cc1cccc2c(NCCC(=O)O)nccc12. The fourth-order valence-corrected chi connectivity index (χ4v) is 1.79. The lowest BCUT2D eigenvalue weighted by Crippen LogP contribution is -2.08. The molecule has 1 aromatic heterocycles. The molecule has 0 unspecified atom stereocenters. The zero-order valence-corrected chi connectivity index (χ0v) is 9.60. The first-order valence-electron chi connectivity index (χ1n) is 5.48. The Kier molecular flexibility index (Phi) is 3.23. The number of rotatable bonds is 4. The molecule has 0 saturated carbocycles. The Bertz CT molecular complexity index is 552. The molecule has 0 aliphatic carbocycles. The number of aryl methyl sites for hydroxylation is 1. The summed E-state index contributed by atoms with van der Waals surface area (Å²) in [7, 11) is 0. The van der Waals surface area contributed by atoms with E-state index in [1.165, 1.54) is 5.56 Å². The summed E-state index contributed by atoms with van der Waals surface area (Å²) in [5, 5.41) is 13.8. The molecule has 0 amide bonds. The number of anilines is 1. The number of carboxylic acids is 1. The van der Waals surface area contributed by atoms with Crippen LogP contribution in [0.15, 0.2) is 30.5 Å². The molecule has 0 radical (unpaired) electrons. The van der Waals surface area contributed by atoms with Crippen molar-refractivity contribution < 1.29 is 9.90 Å². The van der Waals surface area contributed by atoms with E-state index < -0.39 is 5.97 Å². The lowest BCUT2D eigenvalue weighted by molar-refractivity contribution is -0.136. The van der Waals surface area contributed by atoms with E-state index in [-0.39, 0.29) is 6.42 Å². The van der Waals surface area contributed by atoms with Crippen molar-refractivity contribution in [3.63, 3.8) is 0 Å². The molecule has 17 heavy (non-hydrogen) atoms. The number of hydrogen-bond acceptors (Lipinski definition) is 3. The average molecular weight is 230 g/mol. The molecule has 4 heteroatoms. The minimum atomic E-state index is -0.811. The Balaban J connectivity index is 2.28. The molecular weight excluding hydrogens is 216 g/mol. The highest BCUT2D eigenvalue weighted by Gasteiger charge is 2.04. The Morgan fingerprint density at radius 2 is 2.18 bits per heavy atom. The van der Waals surface area contributed by atoms with Crippen LogP contribution in [0.5, 0.6) is 0 Å². The zero-order valence-electron chi connectivity index (χ0n) is 9.60. The van der Waals surface area contributed by atoms with Gasteiger partial charge >= 0.3 is 5.97 Å². The van der Waals surface area contributed by atoms with Crippen molar-refractivity contribution in [3.8, 4) is 0 Å². The number of benzene rings is 1. The van der Waals surface area contributed by atoms with Crippen LogP contribution in [0, 0.1) is 6.92 Å². The molecule has 0 saturated heterocycles. The third-order valence-electron chi connectivity index (χ3n) is 2.66. The number of nitrogens with zero attached hydrogens (tertiary/aromatic N) is 1. The molecule has 0 aliphatic heterocycles. The van der Waals surface area contributed by atoms with Crippen LogP contribution in [-0.4, -0.2) is 22.6 Å². The molecule has 0 bridgehead atoms. The summed E-state index contributed by atoms with van der Waals surface area (Å²) in [4.78, 5) is 14.7. The summed E-state index contributed by atoms with van der Waals surface area (Å²) < 4.78 is 0. The molecule has 0 spiro atoms. The Labute approximate surface area is 99.3 Å². The van der Waals surface area contributed by atoms with E-state index in [0.29, 0.717) is 6.54 Å². The summed E-state index contributed by atoms with van der Waals surface area (Å²) in [6.07, 6.45) is 1.82. The van der Waals surface area contributed by atoms with Crippen LogP contribution in [-0.2, 0) is 4.79 Å². The molecular formula is C13H14N2O2. The fourth-order valence-electron chi connectivity index (χ4n) is 1.79. The molecule has 0 aliphatic rings. The minimum absolute atomic E-state index is 0.0872. The number of carbonyl (C=O) groups is 1. The average Bonchev–Trinajstić information content (AvgIpc) is 2.30. The van der Waals surface area contributed by atoms with Crippen LogP contribution in [0.4, 0.5) is 5.82 Å². The molecule has 2 N–H and O–H groups in total. The monoisotopic (exact) mass is 230 g/mol. The van der Waals surface area contributed by atoms with E-state index in [4.69, 9.17) is 5.11 Å². The van der Waals surface area contributed by atoms with Gasteiger partial charge in [0, 0.05) is 18.1 Å². The molecule has 2 aromatic rings. The standard InChI is InChI=1S/C13H14N2O2/c1-9-3-2-4-11-10(9)5-7-14-13(11)15-8-6-12(16)17/h2-5,7H,6,8H2,1H3,(H,14,15)(H,16,17). The predicted molar refractivity (Wildman–Crippen MR) is 67.2 cm³/mol. The van der Waals surface area contributed by atoms with E-state index in [1.54, 1.807) is 6.20 Å². The smallest absolute Gasteiger partial charge is 0.305 e. The quantitative estimate of drug-likeness (QED) is 0.846. The molecule has 1 heterocycles. The van der Waals surface area contributed by atoms with Gasteiger partial charge in [-0.2, -0.15) is 0 Å². The maximum Gasteiger partial charge on any atom is 0.305 e. The summed E-state index contributed by atoms with van der Waals surface area (Å²) >= 11 is 0. The van der Waals surface area contributed by atoms with Crippen molar-refractivity contribution in [3.05, 3.63) is 36.0 Å². The number of nitrogens with one attached hydrogen (secondary N) is 1. The van der Waals surface area contributed by atoms with Gasteiger partial charge < -0.3 is 10.4 Å². The number of carboxylic acid groups (broad SMARTS) is 1. The maximum atomic E-state index is 10.4. The normalized spacial score (nSPS) is 10.4. The van der Waals surface area contributed by atoms with E-state index in [9.17, 15) is 4.79 Å². The van der Waals surface area contributed by atoms with Gasteiger partial charge in [-0.25, -0.2) is 4.98 Å². The minimum Gasteiger partial charge on any atom is -0.481 e. The van der Waals surface area contributed by atoms with Crippen molar-refractivity contribution in [1.82, 2.24) is 4.98 Å². The Hall–Kier alpha value is -2.10. The summed E-state index contributed by atoms with van der Waals surface area (Å²) in [6.45, 7) is 2.43. The molecule has 2 rings (SSSR count). The fraction of sp³-hybridized carbons (Fsp3) is 0.231. The highest BCUT2D eigenvalue weighted by Crippen LogP contribution is 2.23. The largest absolute Gasteiger partial charge is 0.481 e. The van der Waals surface area contributed by atoms with Crippen molar-refractivity contribution in [1.29, 1.82) is 0 Å². The highest BCUT2D eigenvalue weighted by molar-refractivity contribution is 5.93. The second kappa shape index (κ2) is 4.82. The molecule has 0 fully saturated rings. The Morgan fingerprint density at radius 3 is 2.94 bits per heavy atom. The van der Waals surface area contributed by atoms with Gasteiger partial charge in [-0.15, -0.1) is 0 Å². The van der Waals surface area contributed by atoms with Crippen LogP contribution >= 0.6 is 0 Å². The van der Waals surface area contributed by atoms with Crippen LogP contribution in [0.25, 0.3) is 10.8 Å². The highest BCUT2D eigenvalue weighted by atomic mass is 16.4. The van der Waals surface area contributed by atoms with Gasteiger partial charge in [0.25, 0.3) is 0 Å². The predicted octanol–water partition coefficient (Wildman–Crippen LogP) is 2.43. The summed E-state index contributed by atoms with van der Waals surface area (Å²) in [5.41, 5.74) is 1.19. The van der Waals surface area contributed by atoms with E-state index >= 15 is 0 Å². The van der Waals surface area contributed by atoms with Gasteiger partial charge in [-0.1, -0.05) is 18.2 Å². The lowest BCUT2D eigenvalue weighted by atomic mass is 10.1. The maximum absolute atomic E-state index is 10.4. The van der Waals surface area contributed by atoms with Crippen molar-refractivity contribution in [2.45, 2.75) is 13.3 Å². The van der Waals surface area contributed by atoms with Crippen LogP contribution < -0.4 is 5.32 Å². The first kappa shape index (κ1) is 11.4. The van der Waals surface area contributed by atoms with Crippen LogP contribution in [0.2, 0.25) is 0 Å². The first-order chi connectivity index (χ1) is 8.18. The summed E-state index contributed by atoms with van der Waals surface area (Å²) in [6, 6.07) is 7.97. The zero-order chi connectivity index (χ0) is 12.3. The van der Waals surface area contributed by atoms with Gasteiger partial charge in [-0.05, 0) is 23.9 Å². The number of aliphatic carboxylic acids is 1. The number of pyridine rings is 1. The molecule has 88 valence electrons. The third-order valence-corrected chi connectivity index (χ3v) is 2.66. The Morgan fingerprint density at radius 1 is 1.35 bits per heavy atom. The van der Waals surface area contributed by atoms with Crippen molar-refractivity contribution >= 4 is 22.6 Å². The number of fused-ring (bicyclic) bond motifs is 1. The van der Waals surface area contributed by atoms with Crippen molar-refractivity contribution in [2.24, 2.45) is 0 Å². The van der Waals surface area contributed by atoms with Gasteiger partial charge in [0.05, 0.1) is 6.42 Å². The lowest BCUT2D eigenvalue weighted by Gasteiger charge is -2.08. The van der Waals surface area contributed by atoms with Gasteiger partial charge in [-0.3, -0.25) is 4.79 Å². The number of hydrogen-bond donors (Lipinski definition) is 2. The second-order valence-electron chi connectivity index (χ2n) is 3.90. The first-order valence-corrected chi connectivity index (χ1v) is 5.48.